The zero-order chi connectivity index (χ0) is 9.12. The third kappa shape index (κ3) is 0.989. The molecule has 0 aliphatic carbocycles. The first-order valence-electron chi connectivity index (χ1n) is 6.38. The fraction of sp³-hybridized carbons (Fsp3) is 1.00. The van der Waals surface area contributed by atoms with Crippen LogP contribution in [0.3, 0.4) is 0 Å². The van der Waals surface area contributed by atoms with Crippen LogP contribution in [0.1, 0.15) is 25.7 Å². The summed E-state index contributed by atoms with van der Waals surface area (Å²) in [5, 5.41) is 0. The van der Waals surface area contributed by atoms with Gasteiger partial charge in [0.15, 0.2) is 0 Å². The molecule has 4 rings (SSSR count). The van der Waals surface area contributed by atoms with E-state index in [4.69, 9.17) is 0 Å². The van der Waals surface area contributed by atoms with Crippen molar-refractivity contribution in [1.82, 2.24) is 9.80 Å². The van der Waals surface area contributed by atoms with Gasteiger partial charge < -0.3 is 0 Å². The number of fused-ring (bicyclic) bond motifs is 4. The molecule has 4 bridgehead atoms. The van der Waals surface area contributed by atoms with E-state index in [-0.39, 0.29) is 0 Å². The van der Waals surface area contributed by atoms with Crippen LogP contribution in [-0.4, -0.2) is 48.1 Å². The molecule has 0 aromatic heterocycles. The van der Waals surface area contributed by atoms with Crippen molar-refractivity contribution in [2.24, 2.45) is 11.8 Å². The molecule has 2 nitrogen and oxygen atoms in total. The molecule has 4 aliphatic heterocycles. The van der Waals surface area contributed by atoms with Gasteiger partial charge in [-0.1, -0.05) is 0 Å². The Morgan fingerprint density at radius 3 is 1.50 bits per heavy atom. The highest BCUT2D eigenvalue weighted by atomic mass is 15.3. The van der Waals surface area contributed by atoms with E-state index in [2.05, 4.69) is 9.80 Å². The number of nitrogens with zero attached hydrogens (tertiary/aromatic N) is 2. The van der Waals surface area contributed by atoms with Gasteiger partial charge in [0.05, 0.1) is 0 Å². The Bertz CT molecular complexity index is 227. The van der Waals surface area contributed by atoms with Crippen LogP contribution in [0.2, 0.25) is 0 Å². The lowest BCUT2D eigenvalue weighted by molar-refractivity contribution is 0.128. The second-order valence-electron chi connectivity index (χ2n) is 5.91. The SMILES string of the molecule is C1CN2CC1CC2C1CC2CCN1C2. The van der Waals surface area contributed by atoms with Crippen molar-refractivity contribution >= 4 is 0 Å². The van der Waals surface area contributed by atoms with Crippen LogP contribution < -0.4 is 0 Å². The molecule has 0 radical (unpaired) electrons. The first kappa shape index (κ1) is 8.12. The van der Waals surface area contributed by atoms with Crippen LogP contribution in [0, 0.1) is 11.8 Å². The Kier molecular flexibility index (Phi) is 1.58. The van der Waals surface area contributed by atoms with Gasteiger partial charge in [-0.2, -0.15) is 0 Å². The van der Waals surface area contributed by atoms with Gasteiger partial charge in [0, 0.05) is 25.2 Å². The van der Waals surface area contributed by atoms with E-state index in [9.17, 15) is 0 Å². The normalized spacial score (nSPS) is 60.0. The monoisotopic (exact) mass is 192 g/mol. The molecular weight excluding hydrogens is 172 g/mol. The van der Waals surface area contributed by atoms with Crippen molar-refractivity contribution in [3.05, 3.63) is 0 Å². The van der Waals surface area contributed by atoms with Crippen LogP contribution in [0.25, 0.3) is 0 Å². The average Bonchev–Trinajstić information content (AvgIpc) is 2.96. The minimum Gasteiger partial charge on any atom is -0.299 e. The molecule has 0 spiro atoms. The van der Waals surface area contributed by atoms with Crippen molar-refractivity contribution in [2.75, 3.05) is 26.2 Å². The van der Waals surface area contributed by atoms with Crippen molar-refractivity contribution < 1.29 is 0 Å². The largest absolute Gasteiger partial charge is 0.299 e. The molecule has 0 aromatic rings. The summed E-state index contributed by atoms with van der Waals surface area (Å²) in [5.74, 6) is 2.14. The van der Waals surface area contributed by atoms with E-state index in [0.717, 1.165) is 23.9 Å². The number of piperidine rings is 2. The molecule has 6 unspecified atom stereocenters. The summed E-state index contributed by atoms with van der Waals surface area (Å²) in [6, 6.07) is 1.91. The quantitative estimate of drug-likeness (QED) is 0.615. The molecule has 0 saturated carbocycles. The Hall–Kier alpha value is -0.0800. The van der Waals surface area contributed by atoms with Crippen LogP contribution >= 0.6 is 0 Å². The van der Waals surface area contributed by atoms with Crippen LogP contribution in [0.15, 0.2) is 0 Å². The van der Waals surface area contributed by atoms with Gasteiger partial charge in [-0.05, 0) is 50.6 Å². The summed E-state index contributed by atoms with van der Waals surface area (Å²) in [7, 11) is 0. The topological polar surface area (TPSA) is 6.48 Å². The van der Waals surface area contributed by atoms with E-state index in [1.807, 2.05) is 0 Å². The minimum atomic E-state index is 0.957. The summed E-state index contributed by atoms with van der Waals surface area (Å²) >= 11 is 0. The van der Waals surface area contributed by atoms with E-state index >= 15 is 0 Å². The molecule has 0 amide bonds. The zero-order valence-electron chi connectivity index (χ0n) is 8.86. The maximum absolute atomic E-state index is 2.79. The van der Waals surface area contributed by atoms with Crippen LogP contribution in [0.5, 0.6) is 0 Å². The van der Waals surface area contributed by atoms with Crippen LogP contribution in [0.4, 0.5) is 0 Å². The summed E-state index contributed by atoms with van der Waals surface area (Å²) in [6.07, 6.45) is 6.03. The predicted octanol–water partition coefficient (Wildman–Crippen LogP) is 1.17. The van der Waals surface area contributed by atoms with Gasteiger partial charge in [-0.3, -0.25) is 9.80 Å². The molecule has 0 aromatic carbocycles. The lowest BCUT2D eigenvalue weighted by Gasteiger charge is -2.36. The highest BCUT2D eigenvalue weighted by Crippen LogP contribution is 2.42. The van der Waals surface area contributed by atoms with Gasteiger partial charge in [-0.15, -0.1) is 0 Å². The van der Waals surface area contributed by atoms with E-state index in [1.165, 1.54) is 51.9 Å². The Morgan fingerprint density at radius 2 is 1.21 bits per heavy atom. The predicted molar refractivity (Wildman–Crippen MR) is 56.2 cm³/mol. The van der Waals surface area contributed by atoms with E-state index in [0.29, 0.717) is 0 Å². The number of rotatable bonds is 1. The molecule has 14 heavy (non-hydrogen) atoms. The maximum atomic E-state index is 2.79. The first-order valence-corrected chi connectivity index (χ1v) is 6.38. The highest BCUT2D eigenvalue weighted by molar-refractivity contribution is 5.03. The summed E-state index contributed by atoms with van der Waals surface area (Å²) in [4.78, 5) is 5.58. The third-order valence-corrected chi connectivity index (χ3v) is 5.17. The molecule has 4 fully saturated rings. The molecule has 4 aliphatic rings. The maximum Gasteiger partial charge on any atom is 0.0254 e. The van der Waals surface area contributed by atoms with Crippen molar-refractivity contribution in [3.63, 3.8) is 0 Å². The van der Waals surface area contributed by atoms with Gasteiger partial charge in [0.1, 0.15) is 0 Å². The highest BCUT2D eigenvalue weighted by Gasteiger charge is 2.48. The lowest BCUT2D eigenvalue weighted by atomic mass is 9.90. The molecular formula is C12H20N2. The molecule has 6 atom stereocenters. The minimum absolute atomic E-state index is 0.957. The second kappa shape index (κ2) is 2.73. The summed E-state index contributed by atoms with van der Waals surface area (Å²) < 4.78 is 0. The van der Waals surface area contributed by atoms with Gasteiger partial charge in [-0.25, -0.2) is 0 Å². The van der Waals surface area contributed by atoms with Crippen molar-refractivity contribution in [3.8, 4) is 0 Å². The second-order valence-corrected chi connectivity index (χ2v) is 5.91. The van der Waals surface area contributed by atoms with E-state index < -0.39 is 0 Å². The number of hydrogen-bond donors (Lipinski definition) is 0. The molecule has 4 saturated heterocycles. The molecule has 0 N–H and O–H groups in total. The fourth-order valence-corrected chi connectivity index (χ4v) is 4.49. The summed E-state index contributed by atoms with van der Waals surface area (Å²) in [6.45, 7) is 5.67. The third-order valence-electron chi connectivity index (χ3n) is 5.17. The first-order chi connectivity index (χ1) is 6.90. The molecule has 2 heteroatoms. The van der Waals surface area contributed by atoms with E-state index in [1.54, 1.807) is 0 Å². The Labute approximate surface area is 86.2 Å². The Balaban J connectivity index is 1.54. The van der Waals surface area contributed by atoms with Crippen LogP contribution in [-0.2, 0) is 0 Å². The smallest absolute Gasteiger partial charge is 0.0254 e. The average molecular weight is 192 g/mol. The zero-order valence-corrected chi connectivity index (χ0v) is 8.86. The van der Waals surface area contributed by atoms with Gasteiger partial charge >= 0.3 is 0 Å². The van der Waals surface area contributed by atoms with Gasteiger partial charge in [0.2, 0.25) is 0 Å². The standard InChI is InChI=1S/C12H20N2/c1-3-13-7-9(1)5-11(13)12-6-10-2-4-14(12)8-10/h9-12H,1-8H2. The summed E-state index contributed by atoms with van der Waals surface area (Å²) in [5.41, 5.74) is 0. The van der Waals surface area contributed by atoms with Crippen molar-refractivity contribution in [2.45, 2.75) is 37.8 Å². The fourth-order valence-electron chi connectivity index (χ4n) is 4.49. The van der Waals surface area contributed by atoms with Gasteiger partial charge in [0.25, 0.3) is 0 Å². The van der Waals surface area contributed by atoms with Crippen molar-refractivity contribution in [1.29, 1.82) is 0 Å². The lowest BCUT2D eigenvalue weighted by Crippen LogP contribution is -2.47. The molecule has 4 heterocycles. The molecule has 78 valence electrons. The Morgan fingerprint density at radius 1 is 0.714 bits per heavy atom. The number of hydrogen-bond acceptors (Lipinski definition) is 2.